The molecular weight excluding hydrogens is 310 g/mol. The predicted molar refractivity (Wildman–Crippen MR) is 79.2 cm³/mol. The Bertz CT molecular complexity index is 562. The molecule has 0 amide bonds. The number of hydrogen-bond acceptors (Lipinski definition) is 4. The van der Waals surface area contributed by atoms with E-state index in [-0.39, 0.29) is 0 Å². The number of nitrogens with one attached hydrogen (secondary N) is 1. The standard InChI is InChI=1S/C13H14BrN3S/c1-15-12-8-4-2-3-5-9(8)16-13(17-12)10-6-7-11(14)18-10/h6-7H,2-5H2,1H3,(H,15,16,17). The van der Waals surface area contributed by atoms with Gasteiger partial charge >= 0.3 is 0 Å². The van der Waals surface area contributed by atoms with Crippen molar-refractivity contribution in [3.63, 3.8) is 0 Å². The minimum absolute atomic E-state index is 0.843. The van der Waals surface area contributed by atoms with Crippen LogP contribution >= 0.6 is 27.3 Å². The van der Waals surface area contributed by atoms with Gasteiger partial charge in [-0.15, -0.1) is 11.3 Å². The minimum Gasteiger partial charge on any atom is -0.373 e. The van der Waals surface area contributed by atoms with Gasteiger partial charge in [-0.25, -0.2) is 9.97 Å². The molecule has 3 rings (SSSR count). The SMILES string of the molecule is CNc1nc(-c2ccc(Br)s2)nc2c1CCCC2. The van der Waals surface area contributed by atoms with Crippen LogP contribution in [0.25, 0.3) is 10.7 Å². The van der Waals surface area contributed by atoms with Crippen LogP contribution in [-0.4, -0.2) is 17.0 Å². The molecule has 0 atom stereocenters. The van der Waals surface area contributed by atoms with Gasteiger partial charge in [0.1, 0.15) is 5.82 Å². The molecule has 0 aliphatic heterocycles. The van der Waals surface area contributed by atoms with Crippen molar-refractivity contribution in [1.29, 1.82) is 0 Å². The fourth-order valence-electron chi connectivity index (χ4n) is 2.35. The van der Waals surface area contributed by atoms with Gasteiger partial charge in [-0.3, -0.25) is 0 Å². The Kier molecular flexibility index (Phi) is 3.35. The summed E-state index contributed by atoms with van der Waals surface area (Å²) < 4.78 is 1.12. The molecule has 0 saturated carbocycles. The fraction of sp³-hybridized carbons (Fsp3) is 0.385. The third-order valence-corrected chi connectivity index (χ3v) is 4.83. The molecule has 1 N–H and O–H groups in total. The van der Waals surface area contributed by atoms with E-state index in [2.05, 4.69) is 32.3 Å². The van der Waals surface area contributed by atoms with E-state index in [4.69, 9.17) is 4.98 Å². The van der Waals surface area contributed by atoms with Gasteiger partial charge in [0.05, 0.1) is 8.66 Å². The lowest BCUT2D eigenvalue weighted by Gasteiger charge is -2.18. The Hall–Kier alpha value is -0.940. The molecule has 0 saturated heterocycles. The first kappa shape index (κ1) is 12.1. The van der Waals surface area contributed by atoms with Crippen LogP contribution in [0.2, 0.25) is 0 Å². The molecule has 0 unspecified atom stereocenters. The van der Waals surface area contributed by atoms with Gasteiger partial charge in [0.2, 0.25) is 0 Å². The van der Waals surface area contributed by atoms with Crippen LogP contribution in [0.1, 0.15) is 24.1 Å². The second kappa shape index (κ2) is 4.97. The van der Waals surface area contributed by atoms with Gasteiger partial charge in [-0.2, -0.15) is 0 Å². The van der Waals surface area contributed by atoms with Crippen molar-refractivity contribution >= 4 is 33.1 Å². The predicted octanol–water partition coefficient (Wildman–Crippen LogP) is 3.89. The van der Waals surface area contributed by atoms with E-state index in [0.29, 0.717) is 0 Å². The Morgan fingerprint density at radius 2 is 2.06 bits per heavy atom. The van der Waals surface area contributed by atoms with Gasteiger partial charge in [0.25, 0.3) is 0 Å². The van der Waals surface area contributed by atoms with Gasteiger partial charge < -0.3 is 5.32 Å². The molecule has 0 bridgehead atoms. The summed E-state index contributed by atoms with van der Waals surface area (Å²) in [6, 6.07) is 4.11. The van der Waals surface area contributed by atoms with Crippen LogP contribution in [0.5, 0.6) is 0 Å². The number of fused-ring (bicyclic) bond motifs is 1. The third kappa shape index (κ3) is 2.17. The number of hydrogen-bond donors (Lipinski definition) is 1. The van der Waals surface area contributed by atoms with E-state index in [1.807, 2.05) is 13.1 Å². The molecule has 5 heteroatoms. The highest BCUT2D eigenvalue weighted by Gasteiger charge is 2.18. The normalized spacial score (nSPS) is 14.3. The number of aryl methyl sites for hydroxylation is 1. The number of halogens is 1. The van der Waals surface area contributed by atoms with E-state index < -0.39 is 0 Å². The van der Waals surface area contributed by atoms with Crippen LogP contribution in [0.3, 0.4) is 0 Å². The van der Waals surface area contributed by atoms with Gasteiger partial charge in [0.15, 0.2) is 5.82 Å². The first-order chi connectivity index (χ1) is 8.78. The van der Waals surface area contributed by atoms with Crippen LogP contribution in [0, 0.1) is 0 Å². The summed E-state index contributed by atoms with van der Waals surface area (Å²) in [5, 5.41) is 3.21. The van der Waals surface area contributed by atoms with E-state index in [1.165, 1.54) is 24.1 Å². The quantitative estimate of drug-likeness (QED) is 0.911. The summed E-state index contributed by atoms with van der Waals surface area (Å²) in [6.07, 6.45) is 4.65. The maximum absolute atomic E-state index is 4.74. The maximum atomic E-state index is 4.74. The number of anilines is 1. The molecule has 1 aliphatic rings. The molecule has 0 radical (unpaired) electrons. The first-order valence-electron chi connectivity index (χ1n) is 6.11. The second-order valence-corrected chi connectivity index (χ2v) is 6.84. The largest absolute Gasteiger partial charge is 0.373 e. The van der Waals surface area contributed by atoms with Crippen molar-refractivity contribution < 1.29 is 0 Å². The second-order valence-electron chi connectivity index (χ2n) is 4.38. The lowest BCUT2D eigenvalue weighted by Crippen LogP contribution is -2.11. The minimum atomic E-state index is 0.843. The third-order valence-electron chi connectivity index (χ3n) is 3.21. The van der Waals surface area contributed by atoms with Crippen molar-refractivity contribution in [3.8, 4) is 10.7 Å². The van der Waals surface area contributed by atoms with Gasteiger partial charge in [0, 0.05) is 18.3 Å². The van der Waals surface area contributed by atoms with Crippen LogP contribution in [-0.2, 0) is 12.8 Å². The Balaban J connectivity index is 2.11. The highest BCUT2D eigenvalue weighted by molar-refractivity contribution is 9.11. The first-order valence-corrected chi connectivity index (χ1v) is 7.72. The summed E-state index contributed by atoms with van der Waals surface area (Å²) in [5.74, 6) is 1.84. The lowest BCUT2D eigenvalue weighted by molar-refractivity contribution is 0.665. The van der Waals surface area contributed by atoms with E-state index in [0.717, 1.165) is 33.1 Å². The summed E-state index contributed by atoms with van der Waals surface area (Å²) >= 11 is 5.16. The van der Waals surface area contributed by atoms with Crippen LogP contribution < -0.4 is 5.32 Å². The fourth-order valence-corrected chi connectivity index (χ4v) is 3.67. The van der Waals surface area contributed by atoms with Crippen molar-refractivity contribution in [2.24, 2.45) is 0 Å². The molecule has 3 nitrogen and oxygen atoms in total. The highest BCUT2D eigenvalue weighted by atomic mass is 79.9. The number of rotatable bonds is 2. The smallest absolute Gasteiger partial charge is 0.171 e. The Morgan fingerprint density at radius 1 is 1.22 bits per heavy atom. The van der Waals surface area contributed by atoms with E-state index >= 15 is 0 Å². The van der Waals surface area contributed by atoms with Gasteiger partial charge in [-0.05, 0) is 53.7 Å². The zero-order chi connectivity index (χ0) is 12.5. The number of nitrogens with zero attached hydrogens (tertiary/aromatic N) is 2. The summed E-state index contributed by atoms with van der Waals surface area (Å²) in [6.45, 7) is 0. The average Bonchev–Trinajstić information content (AvgIpc) is 2.84. The monoisotopic (exact) mass is 323 g/mol. The zero-order valence-electron chi connectivity index (χ0n) is 10.2. The molecule has 18 heavy (non-hydrogen) atoms. The molecule has 0 spiro atoms. The molecule has 2 aromatic heterocycles. The van der Waals surface area contributed by atoms with Crippen LogP contribution in [0.4, 0.5) is 5.82 Å². The molecule has 0 fully saturated rings. The van der Waals surface area contributed by atoms with Crippen molar-refractivity contribution in [2.45, 2.75) is 25.7 Å². The Morgan fingerprint density at radius 3 is 2.78 bits per heavy atom. The maximum Gasteiger partial charge on any atom is 0.171 e. The molecule has 0 aromatic carbocycles. The van der Waals surface area contributed by atoms with Crippen molar-refractivity contribution in [2.75, 3.05) is 12.4 Å². The van der Waals surface area contributed by atoms with Crippen molar-refractivity contribution in [1.82, 2.24) is 9.97 Å². The molecule has 1 aliphatic carbocycles. The summed E-state index contributed by atoms with van der Waals surface area (Å²) in [4.78, 5) is 10.5. The molecule has 94 valence electrons. The summed E-state index contributed by atoms with van der Waals surface area (Å²) in [7, 11) is 1.94. The van der Waals surface area contributed by atoms with E-state index in [9.17, 15) is 0 Å². The van der Waals surface area contributed by atoms with Crippen LogP contribution in [0.15, 0.2) is 15.9 Å². The lowest BCUT2D eigenvalue weighted by atomic mass is 9.96. The average molecular weight is 324 g/mol. The zero-order valence-corrected chi connectivity index (χ0v) is 12.6. The van der Waals surface area contributed by atoms with E-state index in [1.54, 1.807) is 11.3 Å². The topological polar surface area (TPSA) is 37.8 Å². The molecule has 2 heterocycles. The Labute approximate surface area is 119 Å². The van der Waals surface area contributed by atoms with Crippen molar-refractivity contribution in [3.05, 3.63) is 27.2 Å². The highest BCUT2D eigenvalue weighted by Crippen LogP contribution is 2.32. The number of aromatic nitrogens is 2. The summed E-state index contributed by atoms with van der Waals surface area (Å²) in [5.41, 5.74) is 2.53. The number of thiophene rings is 1. The molecule has 2 aromatic rings. The molecular formula is C13H14BrN3S. The van der Waals surface area contributed by atoms with Gasteiger partial charge in [-0.1, -0.05) is 0 Å².